The summed E-state index contributed by atoms with van der Waals surface area (Å²) in [5, 5.41) is 0. The van der Waals surface area contributed by atoms with Crippen LogP contribution in [-0.2, 0) is 11.3 Å². The van der Waals surface area contributed by atoms with E-state index in [2.05, 4.69) is 4.99 Å². The Bertz CT molecular complexity index is 780. The van der Waals surface area contributed by atoms with Crippen molar-refractivity contribution in [3.05, 3.63) is 81.7 Å². The van der Waals surface area contributed by atoms with E-state index in [-0.39, 0.29) is 5.91 Å². The largest absolute Gasteiger partial charge is 0.286 e. The molecule has 5 heteroatoms. The molecule has 0 saturated heterocycles. The normalized spacial score (nSPS) is 14.1. The fourth-order valence-corrected chi connectivity index (χ4v) is 3.89. The highest BCUT2D eigenvalue weighted by molar-refractivity contribution is 8.21. The Balaban J connectivity index is 2.04. The van der Waals surface area contributed by atoms with E-state index in [1.807, 2.05) is 73.2 Å². The van der Waals surface area contributed by atoms with Gasteiger partial charge in [0.1, 0.15) is 5.84 Å². The number of thioether (sulfide) groups is 2. The second-order valence-corrected chi connectivity index (χ2v) is 7.11. The number of nitrogens with zero attached hydrogens (tertiary/aromatic N) is 2. The van der Waals surface area contributed by atoms with Crippen LogP contribution in [0.3, 0.4) is 0 Å². The maximum absolute atomic E-state index is 13.0. The van der Waals surface area contributed by atoms with Crippen molar-refractivity contribution in [3.63, 3.8) is 0 Å². The lowest BCUT2D eigenvalue weighted by Gasteiger charge is -2.18. The first-order valence-corrected chi connectivity index (χ1v) is 10.0. The molecule has 3 rings (SSSR count). The minimum absolute atomic E-state index is 0.0311. The predicted molar refractivity (Wildman–Crippen MR) is 104 cm³/mol. The number of carbonyl (C=O) groups excluding carboxylic acids is 1. The molecule has 1 heterocycles. The lowest BCUT2D eigenvalue weighted by Crippen LogP contribution is -2.32. The molecule has 0 aliphatic carbocycles. The van der Waals surface area contributed by atoms with E-state index < -0.39 is 0 Å². The summed E-state index contributed by atoms with van der Waals surface area (Å²) >= 11 is 3.13. The van der Waals surface area contributed by atoms with Gasteiger partial charge >= 0.3 is 0 Å². The Morgan fingerprint density at radius 1 is 0.958 bits per heavy atom. The number of benzene rings is 2. The summed E-state index contributed by atoms with van der Waals surface area (Å²) < 4.78 is 0.948. The second kappa shape index (κ2) is 7.73. The summed E-state index contributed by atoms with van der Waals surface area (Å²) in [5.74, 6) is 0.691. The molecule has 0 atom stereocenters. The van der Waals surface area contributed by atoms with E-state index in [1.54, 1.807) is 28.4 Å². The maximum Gasteiger partial charge on any atom is 0.280 e. The highest BCUT2D eigenvalue weighted by Crippen LogP contribution is 2.33. The number of carbonyl (C=O) groups is 1. The average Bonchev–Trinajstić information content (AvgIpc) is 2.95. The molecule has 1 aliphatic heterocycles. The van der Waals surface area contributed by atoms with Crippen molar-refractivity contribution < 1.29 is 4.79 Å². The molecule has 0 saturated carbocycles. The maximum atomic E-state index is 13.0. The van der Waals surface area contributed by atoms with Crippen LogP contribution in [0.1, 0.15) is 11.1 Å². The van der Waals surface area contributed by atoms with Crippen molar-refractivity contribution in [2.24, 2.45) is 4.99 Å². The first kappa shape index (κ1) is 16.9. The molecule has 0 aromatic heterocycles. The van der Waals surface area contributed by atoms with Crippen LogP contribution >= 0.6 is 23.5 Å². The van der Waals surface area contributed by atoms with Crippen molar-refractivity contribution in [1.82, 2.24) is 4.90 Å². The van der Waals surface area contributed by atoms with Gasteiger partial charge in [-0.15, -0.1) is 23.5 Å². The fourth-order valence-electron chi connectivity index (χ4n) is 2.57. The predicted octanol–water partition coefficient (Wildman–Crippen LogP) is 4.37. The molecule has 2 aromatic rings. The number of hydrogen-bond donors (Lipinski definition) is 0. The van der Waals surface area contributed by atoms with Crippen molar-refractivity contribution in [2.45, 2.75) is 6.54 Å². The van der Waals surface area contributed by atoms with Crippen molar-refractivity contribution in [1.29, 1.82) is 0 Å². The number of aliphatic imine (C=N–C) groups is 1. The second-order valence-electron chi connectivity index (χ2n) is 5.22. The molecule has 0 unspecified atom stereocenters. The Morgan fingerprint density at radius 2 is 1.54 bits per heavy atom. The standard InChI is InChI=1S/C19H18N2OS2/c1-23-19(24-2)16-18(22)21(13-14-9-5-3-6-10-14)17(20-16)15-11-7-4-8-12-15/h3-12H,13H2,1-2H3. The lowest BCUT2D eigenvalue weighted by molar-refractivity contribution is -0.123. The summed E-state index contributed by atoms with van der Waals surface area (Å²) in [7, 11) is 0. The van der Waals surface area contributed by atoms with Crippen molar-refractivity contribution in [2.75, 3.05) is 12.5 Å². The van der Waals surface area contributed by atoms with E-state index in [0.29, 0.717) is 12.2 Å². The van der Waals surface area contributed by atoms with Gasteiger partial charge in [-0.3, -0.25) is 9.69 Å². The number of amidine groups is 1. The molecule has 24 heavy (non-hydrogen) atoms. The Hall–Kier alpha value is -1.98. The molecule has 0 spiro atoms. The van der Waals surface area contributed by atoms with E-state index in [9.17, 15) is 4.79 Å². The summed E-state index contributed by atoms with van der Waals surface area (Å²) in [6.07, 6.45) is 3.95. The zero-order valence-corrected chi connectivity index (χ0v) is 15.2. The minimum atomic E-state index is -0.0311. The van der Waals surface area contributed by atoms with Gasteiger partial charge in [0.05, 0.1) is 10.8 Å². The third-order valence-corrected chi connectivity index (χ3v) is 5.83. The van der Waals surface area contributed by atoms with E-state index in [1.165, 1.54) is 0 Å². The van der Waals surface area contributed by atoms with Gasteiger partial charge in [0.15, 0.2) is 5.70 Å². The molecule has 0 fully saturated rings. The molecule has 0 N–H and O–H groups in total. The van der Waals surface area contributed by atoms with E-state index in [0.717, 1.165) is 21.2 Å². The van der Waals surface area contributed by atoms with Crippen LogP contribution in [0.5, 0.6) is 0 Å². The molecule has 1 aliphatic rings. The lowest BCUT2D eigenvalue weighted by atomic mass is 10.1. The number of amides is 1. The monoisotopic (exact) mass is 354 g/mol. The van der Waals surface area contributed by atoms with E-state index >= 15 is 0 Å². The zero-order chi connectivity index (χ0) is 16.9. The van der Waals surface area contributed by atoms with Gasteiger partial charge in [-0.1, -0.05) is 60.7 Å². The van der Waals surface area contributed by atoms with Crippen LogP contribution in [0.15, 0.2) is 75.6 Å². The molecular weight excluding hydrogens is 336 g/mol. The van der Waals surface area contributed by atoms with Gasteiger partial charge in [-0.05, 0) is 18.1 Å². The van der Waals surface area contributed by atoms with Gasteiger partial charge < -0.3 is 0 Å². The third kappa shape index (κ3) is 3.42. The topological polar surface area (TPSA) is 32.7 Å². The minimum Gasteiger partial charge on any atom is -0.286 e. The molecule has 2 aromatic carbocycles. The Morgan fingerprint density at radius 3 is 2.12 bits per heavy atom. The Labute approximate surface area is 150 Å². The van der Waals surface area contributed by atoms with Crippen LogP contribution < -0.4 is 0 Å². The number of rotatable bonds is 5. The third-order valence-electron chi connectivity index (χ3n) is 3.70. The molecule has 122 valence electrons. The van der Waals surface area contributed by atoms with Crippen molar-refractivity contribution >= 4 is 35.3 Å². The van der Waals surface area contributed by atoms with Crippen LogP contribution in [0, 0.1) is 0 Å². The Kier molecular flexibility index (Phi) is 5.43. The van der Waals surface area contributed by atoms with Gasteiger partial charge in [-0.2, -0.15) is 0 Å². The summed E-state index contributed by atoms with van der Waals surface area (Å²) in [6, 6.07) is 19.9. The quantitative estimate of drug-likeness (QED) is 0.748. The van der Waals surface area contributed by atoms with Gasteiger partial charge in [0.25, 0.3) is 5.91 Å². The summed E-state index contributed by atoms with van der Waals surface area (Å²) in [4.78, 5) is 19.4. The van der Waals surface area contributed by atoms with Crippen LogP contribution in [-0.4, -0.2) is 29.2 Å². The van der Waals surface area contributed by atoms with Gasteiger partial charge in [-0.25, -0.2) is 4.99 Å². The van der Waals surface area contributed by atoms with Gasteiger partial charge in [0, 0.05) is 5.56 Å². The molecule has 1 amide bonds. The highest BCUT2D eigenvalue weighted by atomic mass is 32.2. The van der Waals surface area contributed by atoms with Crippen molar-refractivity contribution in [3.8, 4) is 0 Å². The number of hydrogen-bond acceptors (Lipinski definition) is 4. The average molecular weight is 355 g/mol. The SMILES string of the molecule is CSC(SC)=C1N=C(c2ccccc2)N(Cc2ccccc2)C1=O. The molecular formula is C19H18N2OS2. The van der Waals surface area contributed by atoms with Crippen LogP contribution in [0.25, 0.3) is 0 Å². The molecule has 3 nitrogen and oxygen atoms in total. The first-order valence-electron chi connectivity index (χ1n) is 7.56. The zero-order valence-electron chi connectivity index (χ0n) is 13.6. The smallest absolute Gasteiger partial charge is 0.280 e. The highest BCUT2D eigenvalue weighted by Gasteiger charge is 2.33. The van der Waals surface area contributed by atoms with E-state index in [4.69, 9.17) is 0 Å². The summed E-state index contributed by atoms with van der Waals surface area (Å²) in [5.41, 5.74) is 2.59. The van der Waals surface area contributed by atoms with Crippen LogP contribution in [0.2, 0.25) is 0 Å². The first-order chi connectivity index (χ1) is 11.7. The fraction of sp³-hybridized carbons (Fsp3) is 0.158. The summed E-state index contributed by atoms with van der Waals surface area (Å²) in [6.45, 7) is 0.521. The molecule has 0 bridgehead atoms. The molecule has 0 radical (unpaired) electrons. The van der Waals surface area contributed by atoms with Gasteiger partial charge in [0.2, 0.25) is 0 Å². The van der Waals surface area contributed by atoms with Crippen LogP contribution in [0.4, 0.5) is 0 Å².